The molecule has 0 aromatic heterocycles. The SMILES string of the molecule is CN(C)CCCNCC(=O)NC1CCS(=O)(=O)C1. The van der Waals surface area contributed by atoms with Crippen molar-refractivity contribution >= 4 is 15.7 Å². The first kappa shape index (κ1) is 15.4. The van der Waals surface area contributed by atoms with Gasteiger partial charge in [0, 0.05) is 6.04 Å². The second-order valence-corrected chi connectivity index (χ2v) is 7.23. The van der Waals surface area contributed by atoms with Crippen LogP contribution >= 0.6 is 0 Å². The highest BCUT2D eigenvalue weighted by atomic mass is 32.2. The van der Waals surface area contributed by atoms with Gasteiger partial charge in [0.05, 0.1) is 18.1 Å². The van der Waals surface area contributed by atoms with Crippen molar-refractivity contribution in [3.8, 4) is 0 Å². The summed E-state index contributed by atoms with van der Waals surface area (Å²) in [6.07, 6.45) is 1.52. The van der Waals surface area contributed by atoms with E-state index in [4.69, 9.17) is 0 Å². The highest BCUT2D eigenvalue weighted by Crippen LogP contribution is 2.10. The van der Waals surface area contributed by atoms with Crippen LogP contribution in [0.25, 0.3) is 0 Å². The van der Waals surface area contributed by atoms with Crippen LogP contribution in [-0.4, -0.2) is 70.5 Å². The number of nitrogens with one attached hydrogen (secondary N) is 2. The molecule has 0 spiro atoms. The Labute approximate surface area is 109 Å². The van der Waals surface area contributed by atoms with E-state index in [9.17, 15) is 13.2 Å². The molecule has 2 N–H and O–H groups in total. The second-order valence-electron chi connectivity index (χ2n) is 5.00. The summed E-state index contributed by atoms with van der Waals surface area (Å²) in [7, 11) is 1.09. The van der Waals surface area contributed by atoms with E-state index in [0.717, 1.165) is 19.5 Å². The van der Waals surface area contributed by atoms with E-state index in [1.165, 1.54) is 0 Å². The van der Waals surface area contributed by atoms with Gasteiger partial charge in [0.25, 0.3) is 0 Å². The molecule has 1 saturated heterocycles. The van der Waals surface area contributed by atoms with Crippen molar-refractivity contribution in [2.45, 2.75) is 18.9 Å². The Balaban J connectivity index is 2.08. The average Bonchev–Trinajstić information content (AvgIpc) is 2.57. The molecule has 1 amide bonds. The minimum absolute atomic E-state index is 0.0827. The van der Waals surface area contributed by atoms with Crippen LogP contribution in [-0.2, 0) is 14.6 Å². The smallest absolute Gasteiger partial charge is 0.234 e. The van der Waals surface area contributed by atoms with Gasteiger partial charge in [-0.2, -0.15) is 0 Å². The first-order valence-electron chi connectivity index (χ1n) is 6.24. The van der Waals surface area contributed by atoms with Crippen LogP contribution in [0.2, 0.25) is 0 Å². The van der Waals surface area contributed by atoms with Gasteiger partial charge >= 0.3 is 0 Å². The summed E-state index contributed by atoms with van der Waals surface area (Å²) >= 11 is 0. The van der Waals surface area contributed by atoms with Crippen molar-refractivity contribution in [3.05, 3.63) is 0 Å². The number of rotatable bonds is 7. The molecule has 1 aliphatic rings. The van der Waals surface area contributed by atoms with Crippen LogP contribution < -0.4 is 10.6 Å². The number of amides is 1. The van der Waals surface area contributed by atoms with Gasteiger partial charge in [0.15, 0.2) is 9.84 Å². The van der Waals surface area contributed by atoms with E-state index in [-0.39, 0.29) is 30.0 Å². The Kier molecular flexibility index (Phi) is 6.04. The van der Waals surface area contributed by atoms with Crippen LogP contribution in [0, 0.1) is 0 Å². The van der Waals surface area contributed by atoms with E-state index in [0.29, 0.717) is 6.42 Å². The van der Waals surface area contributed by atoms with Crippen LogP contribution in [0.1, 0.15) is 12.8 Å². The fourth-order valence-electron chi connectivity index (χ4n) is 1.91. The van der Waals surface area contributed by atoms with Gasteiger partial charge in [-0.25, -0.2) is 8.42 Å². The molecule has 1 unspecified atom stereocenters. The van der Waals surface area contributed by atoms with Gasteiger partial charge in [0.1, 0.15) is 0 Å². The van der Waals surface area contributed by atoms with Gasteiger partial charge in [-0.3, -0.25) is 4.79 Å². The first-order valence-corrected chi connectivity index (χ1v) is 8.06. The number of sulfone groups is 1. The minimum atomic E-state index is -2.92. The van der Waals surface area contributed by atoms with Gasteiger partial charge in [-0.1, -0.05) is 0 Å². The third-order valence-corrected chi connectivity index (χ3v) is 4.61. The number of carbonyl (C=O) groups is 1. The molecular formula is C11H23N3O3S. The van der Waals surface area contributed by atoms with Crippen molar-refractivity contribution < 1.29 is 13.2 Å². The second kappa shape index (κ2) is 7.06. The summed E-state index contributed by atoms with van der Waals surface area (Å²) in [5.74, 6) is 0.148. The maximum atomic E-state index is 11.5. The van der Waals surface area contributed by atoms with Crippen molar-refractivity contribution in [2.24, 2.45) is 0 Å². The van der Waals surface area contributed by atoms with Crippen LogP contribution in [0.3, 0.4) is 0 Å². The molecule has 1 atom stereocenters. The zero-order valence-corrected chi connectivity index (χ0v) is 11.9. The van der Waals surface area contributed by atoms with Gasteiger partial charge in [-0.05, 0) is 40.0 Å². The lowest BCUT2D eigenvalue weighted by Gasteiger charge is -2.12. The third kappa shape index (κ3) is 6.32. The predicted molar refractivity (Wildman–Crippen MR) is 71.2 cm³/mol. The van der Waals surface area contributed by atoms with E-state index in [1.54, 1.807) is 0 Å². The van der Waals surface area contributed by atoms with E-state index >= 15 is 0 Å². The minimum Gasteiger partial charge on any atom is -0.351 e. The Morgan fingerprint density at radius 3 is 2.67 bits per heavy atom. The fraction of sp³-hybridized carbons (Fsp3) is 0.909. The number of hydrogen-bond donors (Lipinski definition) is 2. The van der Waals surface area contributed by atoms with Gasteiger partial charge in [-0.15, -0.1) is 0 Å². The lowest BCUT2D eigenvalue weighted by atomic mass is 10.2. The Morgan fingerprint density at radius 1 is 1.39 bits per heavy atom. The molecule has 106 valence electrons. The molecule has 0 aromatic carbocycles. The number of hydrogen-bond acceptors (Lipinski definition) is 5. The Hall–Kier alpha value is -0.660. The van der Waals surface area contributed by atoms with Crippen molar-refractivity contribution in [1.82, 2.24) is 15.5 Å². The monoisotopic (exact) mass is 277 g/mol. The van der Waals surface area contributed by atoms with Crippen LogP contribution in [0.15, 0.2) is 0 Å². The average molecular weight is 277 g/mol. The quantitative estimate of drug-likeness (QED) is 0.573. The van der Waals surface area contributed by atoms with Gasteiger partial charge in [0.2, 0.25) is 5.91 Å². The summed E-state index contributed by atoms with van der Waals surface area (Å²) in [4.78, 5) is 13.6. The van der Waals surface area contributed by atoms with Crippen molar-refractivity contribution in [3.63, 3.8) is 0 Å². The zero-order valence-electron chi connectivity index (χ0n) is 11.1. The first-order chi connectivity index (χ1) is 8.39. The highest BCUT2D eigenvalue weighted by Gasteiger charge is 2.28. The Morgan fingerprint density at radius 2 is 2.11 bits per heavy atom. The normalized spacial score (nSPS) is 22.3. The molecule has 0 aliphatic carbocycles. The molecule has 0 bridgehead atoms. The van der Waals surface area contributed by atoms with E-state index in [2.05, 4.69) is 15.5 Å². The standard InChI is InChI=1S/C11H23N3O3S/c1-14(2)6-3-5-12-8-11(15)13-10-4-7-18(16,17)9-10/h10,12H,3-9H2,1-2H3,(H,13,15). The van der Waals surface area contributed by atoms with Crippen LogP contribution in [0.4, 0.5) is 0 Å². The van der Waals surface area contributed by atoms with Crippen molar-refractivity contribution in [1.29, 1.82) is 0 Å². The molecule has 0 radical (unpaired) electrons. The summed E-state index contributed by atoms with van der Waals surface area (Å²) < 4.78 is 22.4. The number of carbonyl (C=O) groups excluding carboxylic acids is 1. The maximum absolute atomic E-state index is 11.5. The van der Waals surface area contributed by atoms with Gasteiger partial charge < -0.3 is 15.5 Å². The summed E-state index contributed by atoms with van der Waals surface area (Å²) in [6.45, 7) is 2.02. The molecule has 18 heavy (non-hydrogen) atoms. The molecule has 6 nitrogen and oxygen atoms in total. The third-order valence-electron chi connectivity index (χ3n) is 2.84. The van der Waals surface area contributed by atoms with Crippen molar-refractivity contribution in [2.75, 3.05) is 45.2 Å². The molecule has 1 aliphatic heterocycles. The highest BCUT2D eigenvalue weighted by molar-refractivity contribution is 7.91. The lowest BCUT2D eigenvalue weighted by Crippen LogP contribution is -2.41. The number of nitrogens with zero attached hydrogens (tertiary/aromatic N) is 1. The fourth-order valence-corrected chi connectivity index (χ4v) is 3.58. The predicted octanol–water partition coefficient (Wildman–Crippen LogP) is -1.17. The summed E-state index contributed by atoms with van der Waals surface area (Å²) in [5.41, 5.74) is 0. The molecule has 0 aromatic rings. The zero-order chi connectivity index (χ0) is 13.6. The lowest BCUT2D eigenvalue weighted by molar-refractivity contribution is -0.120. The molecule has 1 heterocycles. The molecule has 0 saturated carbocycles. The van der Waals surface area contributed by atoms with E-state index < -0.39 is 9.84 Å². The topological polar surface area (TPSA) is 78.5 Å². The summed E-state index contributed by atoms with van der Waals surface area (Å²) in [6, 6.07) is -0.203. The molecule has 7 heteroatoms. The largest absolute Gasteiger partial charge is 0.351 e. The van der Waals surface area contributed by atoms with E-state index in [1.807, 2.05) is 14.1 Å². The molecule has 1 rings (SSSR count). The summed E-state index contributed by atoms with van der Waals surface area (Å²) in [5, 5.41) is 5.79. The maximum Gasteiger partial charge on any atom is 0.234 e. The molecule has 1 fully saturated rings. The van der Waals surface area contributed by atoms with Crippen LogP contribution in [0.5, 0.6) is 0 Å². The molecular weight excluding hydrogens is 254 g/mol. The Bertz CT molecular complexity index is 368.